The summed E-state index contributed by atoms with van der Waals surface area (Å²) >= 11 is -1.21. The highest BCUT2D eigenvalue weighted by Crippen LogP contribution is 2.41. The van der Waals surface area contributed by atoms with Gasteiger partial charge < -0.3 is 13.9 Å². The SMILES string of the molecule is CC(CCCc1ccccc1)(N[S@+]([O-])C(C)(C)C)B1OC(C)(C)C(C)(C)O1. The van der Waals surface area contributed by atoms with E-state index in [1.807, 2.05) is 26.8 Å². The summed E-state index contributed by atoms with van der Waals surface area (Å²) in [4.78, 5) is 0. The van der Waals surface area contributed by atoms with Crippen molar-refractivity contribution in [2.45, 2.75) is 96.0 Å². The van der Waals surface area contributed by atoms with Gasteiger partial charge in [-0.2, -0.15) is 0 Å². The van der Waals surface area contributed by atoms with Gasteiger partial charge in [-0.1, -0.05) is 30.3 Å². The molecular weight excluding hydrogens is 357 g/mol. The lowest BCUT2D eigenvalue weighted by Gasteiger charge is -2.36. The minimum absolute atomic E-state index is 0.357. The molecule has 4 nitrogen and oxygen atoms in total. The first-order valence-electron chi connectivity index (χ1n) is 9.86. The lowest BCUT2D eigenvalue weighted by molar-refractivity contribution is 0.00578. The van der Waals surface area contributed by atoms with E-state index in [4.69, 9.17) is 9.31 Å². The van der Waals surface area contributed by atoms with E-state index in [2.05, 4.69) is 63.6 Å². The van der Waals surface area contributed by atoms with Crippen LogP contribution >= 0.6 is 0 Å². The Morgan fingerprint density at radius 1 is 1.00 bits per heavy atom. The van der Waals surface area contributed by atoms with Crippen LogP contribution in [-0.2, 0) is 27.1 Å². The van der Waals surface area contributed by atoms with Crippen molar-refractivity contribution in [3.63, 3.8) is 0 Å². The molecule has 152 valence electrons. The quantitative estimate of drug-likeness (QED) is 0.549. The van der Waals surface area contributed by atoms with Crippen LogP contribution in [0.5, 0.6) is 0 Å². The fourth-order valence-electron chi connectivity index (χ4n) is 2.99. The third kappa shape index (κ3) is 5.51. The van der Waals surface area contributed by atoms with Crippen molar-refractivity contribution in [3.05, 3.63) is 35.9 Å². The highest BCUT2D eigenvalue weighted by atomic mass is 32.2. The Morgan fingerprint density at radius 3 is 2.00 bits per heavy atom. The molecule has 1 heterocycles. The van der Waals surface area contributed by atoms with Gasteiger partial charge in [0, 0.05) is 11.4 Å². The molecule has 1 saturated heterocycles. The van der Waals surface area contributed by atoms with Crippen LogP contribution in [0.1, 0.15) is 73.8 Å². The summed E-state index contributed by atoms with van der Waals surface area (Å²) in [6.07, 6.45) is 2.74. The van der Waals surface area contributed by atoms with Crippen LogP contribution in [0.3, 0.4) is 0 Å². The summed E-state index contributed by atoms with van der Waals surface area (Å²) < 4.78 is 28.5. The number of benzene rings is 1. The standard InChI is InChI=1S/C21H36BNO3S/c1-18(2,3)27(24)23-21(8,16-12-15-17-13-10-9-11-14-17)22-25-19(4,5)20(6,7)26-22/h9-11,13-14,23H,12,15-16H2,1-8H3/t21?,27-/m1/s1. The maximum absolute atomic E-state index is 12.9. The van der Waals surface area contributed by atoms with E-state index in [1.165, 1.54) is 5.56 Å². The van der Waals surface area contributed by atoms with Crippen molar-refractivity contribution in [3.8, 4) is 0 Å². The molecule has 0 saturated carbocycles. The topological polar surface area (TPSA) is 53.5 Å². The van der Waals surface area contributed by atoms with Gasteiger partial charge in [-0.25, -0.2) is 0 Å². The maximum atomic E-state index is 12.9. The Bertz CT molecular complexity index is 602. The Morgan fingerprint density at radius 2 is 1.52 bits per heavy atom. The van der Waals surface area contributed by atoms with Crippen molar-refractivity contribution < 1.29 is 13.9 Å². The lowest BCUT2D eigenvalue weighted by atomic mass is 9.63. The van der Waals surface area contributed by atoms with Gasteiger partial charge in [-0.05, 0) is 80.2 Å². The van der Waals surface area contributed by atoms with Crippen LogP contribution < -0.4 is 4.72 Å². The van der Waals surface area contributed by atoms with E-state index in [9.17, 15) is 4.55 Å². The Kier molecular flexibility index (Phi) is 6.81. The van der Waals surface area contributed by atoms with Gasteiger partial charge in [0.15, 0.2) is 0 Å². The predicted octanol–water partition coefficient (Wildman–Crippen LogP) is 4.45. The Hall–Kier alpha value is -0.525. The molecule has 1 N–H and O–H groups in total. The molecule has 0 radical (unpaired) electrons. The van der Waals surface area contributed by atoms with Gasteiger partial charge in [0.2, 0.25) is 0 Å². The first kappa shape index (κ1) is 22.8. The molecule has 6 heteroatoms. The predicted molar refractivity (Wildman–Crippen MR) is 115 cm³/mol. The van der Waals surface area contributed by atoms with Crippen molar-refractivity contribution in [2.75, 3.05) is 0 Å². The zero-order valence-electron chi connectivity index (χ0n) is 18.2. The number of rotatable bonds is 7. The second-order valence-electron chi connectivity index (χ2n) is 9.83. The first-order valence-corrected chi connectivity index (χ1v) is 11.0. The highest BCUT2D eigenvalue weighted by Gasteiger charge is 2.59. The Labute approximate surface area is 169 Å². The molecule has 0 spiro atoms. The van der Waals surface area contributed by atoms with Crippen LogP contribution in [0.2, 0.25) is 0 Å². The molecule has 2 atom stereocenters. The van der Waals surface area contributed by atoms with Crippen LogP contribution in [0.25, 0.3) is 0 Å². The summed E-state index contributed by atoms with van der Waals surface area (Å²) in [5, 5.41) is 0. The monoisotopic (exact) mass is 393 g/mol. The zero-order chi connectivity index (χ0) is 20.5. The lowest BCUT2D eigenvalue weighted by Crippen LogP contribution is -2.61. The van der Waals surface area contributed by atoms with Crippen molar-refractivity contribution in [1.82, 2.24) is 4.72 Å². The summed E-state index contributed by atoms with van der Waals surface area (Å²) in [6, 6.07) is 10.5. The van der Waals surface area contributed by atoms with Crippen molar-refractivity contribution in [1.29, 1.82) is 0 Å². The van der Waals surface area contributed by atoms with Gasteiger partial charge in [-0.15, -0.1) is 4.72 Å². The van der Waals surface area contributed by atoms with Gasteiger partial charge in [-0.3, -0.25) is 0 Å². The fourth-order valence-corrected chi connectivity index (χ4v) is 3.92. The Balaban J connectivity index is 2.15. The van der Waals surface area contributed by atoms with E-state index >= 15 is 0 Å². The second kappa shape index (κ2) is 8.07. The molecule has 1 unspecified atom stereocenters. The molecule has 1 aromatic carbocycles. The number of aryl methyl sites for hydroxylation is 1. The molecule has 2 rings (SSSR count). The van der Waals surface area contributed by atoms with E-state index in [-0.39, 0.29) is 4.75 Å². The fraction of sp³-hybridized carbons (Fsp3) is 0.714. The molecule has 1 fully saturated rings. The van der Waals surface area contributed by atoms with Crippen molar-refractivity contribution in [2.24, 2.45) is 0 Å². The van der Waals surface area contributed by atoms with Crippen LogP contribution in [0, 0.1) is 0 Å². The summed E-state index contributed by atoms with van der Waals surface area (Å²) in [6.45, 7) is 16.2. The van der Waals surface area contributed by atoms with Crippen LogP contribution in [0.4, 0.5) is 0 Å². The number of hydrogen-bond acceptors (Lipinski definition) is 4. The van der Waals surface area contributed by atoms with E-state index in [0.29, 0.717) is 0 Å². The van der Waals surface area contributed by atoms with E-state index in [0.717, 1.165) is 19.3 Å². The summed E-state index contributed by atoms with van der Waals surface area (Å²) in [5.74, 6) is 0. The normalized spacial score (nSPS) is 22.5. The first-order chi connectivity index (χ1) is 12.3. The number of hydrogen-bond donors (Lipinski definition) is 1. The van der Waals surface area contributed by atoms with Gasteiger partial charge in [0.05, 0.1) is 16.6 Å². The molecule has 27 heavy (non-hydrogen) atoms. The molecule has 1 aliphatic rings. The zero-order valence-corrected chi connectivity index (χ0v) is 19.0. The van der Waals surface area contributed by atoms with Gasteiger partial charge >= 0.3 is 7.12 Å². The summed E-state index contributed by atoms with van der Waals surface area (Å²) in [5.41, 5.74) is -0.0597. The average Bonchev–Trinajstić information content (AvgIpc) is 2.76. The molecule has 0 amide bonds. The molecule has 0 aliphatic carbocycles. The molecule has 0 aromatic heterocycles. The molecule has 1 aromatic rings. The van der Waals surface area contributed by atoms with Gasteiger partial charge in [0.25, 0.3) is 0 Å². The van der Waals surface area contributed by atoms with Crippen LogP contribution in [0.15, 0.2) is 30.3 Å². The average molecular weight is 393 g/mol. The third-order valence-electron chi connectivity index (χ3n) is 5.66. The van der Waals surface area contributed by atoms with Crippen LogP contribution in [-0.4, -0.2) is 33.1 Å². The largest absolute Gasteiger partial charge is 0.598 e. The summed E-state index contributed by atoms with van der Waals surface area (Å²) in [7, 11) is -0.454. The molecule has 0 bridgehead atoms. The number of nitrogens with one attached hydrogen (secondary N) is 1. The smallest absolute Gasteiger partial charge is 0.483 e. The van der Waals surface area contributed by atoms with E-state index < -0.39 is 35.1 Å². The van der Waals surface area contributed by atoms with E-state index in [1.54, 1.807) is 0 Å². The molecular formula is C21H36BNO3S. The molecule has 1 aliphatic heterocycles. The third-order valence-corrected chi connectivity index (χ3v) is 7.42. The second-order valence-corrected chi connectivity index (χ2v) is 11.8. The van der Waals surface area contributed by atoms with Crippen molar-refractivity contribution >= 4 is 18.5 Å². The maximum Gasteiger partial charge on any atom is 0.483 e. The minimum atomic E-state index is -1.21. The van der Waals surface area contributed by atoms with Gasteiger partial charge in [0.1, 0.15) is 4.75 Å². The highest BCUT2D eigenvalue weighted by molar-refractivity contribution is 7.90. The minimum Gasteiger partial charge on any atom is -0.598 e.